The largest absolute Gasteiger partial charge is 0.478 e. The highest BCUT2D eigenvalue weighted by Gasteiger charge is 2.29. The summed E-state index contributed by atoms with van der Waals surface area (Å²) in [5, 5.41) is 22.4. The van der Waals surface area contributed by atoms with Gasteiger partial charge in [-0.2, -0.15) is 16.8 Å². The predicted molar refractivity (Wildman–Crippen MR) is 214 cm³/mol. The lowest BCUT2D eigenvalue weighted by Gasteiger charge is -2.23. The zero-order valence-corrected chi connectivity index (χ0v) is 32.8. The number of amides is 2. The third kappa shape index (κ3) is 9.41. The minimum absolute atomic E-state index is 0.0989. The van der Waals surface area contributed by atoms with Crippen molar-refractivity contribution in [2.75, 3.05) is 21.3 Å². The van der Waals surface area contributed by atoms with E-state index in [4.69, 9.17) is 0 Å². The molecule has 292 valence electrons. The van der Waals surface area contributed by atoms with E-state index in [1.165, 1.54) is 26.0 Å². The highest BCUT2D eigenvalue weighted by Crippen LogP contribution is 2.40. The molecular weight excluding hydrogens is 761 g/mol. The molecule has 5 aromatic rings. The lowest BCUT2D eigenvalue weighted by Crippen LogP contribution is -2.13. The van der Waals surface area contributed by atoms with Crippen LogP contribution in [0.2, 0.25) is 0 Å². The van der Waals surface area contributed by atoms with E-state index < -0.39 is 41.9 Å². The molecule has 2 amide bonds. The molecule has 0 aliphatic heterocycles. The molecule has 0 heterocycles. The molecule has 5 rings (SSSR count). The fraction of sp³-hybridized carbons (Fsp3) is 0.175. The van der Waals surface area contributed by atoms with Crippen molar-refractivity contribution in [1.82, 2.24) is 0 Å². The molecule has 16 heteroatoms. The van der Waals surface area contributed by atoms with Crippen LogP contribution in [0.25, 0.3) is 0 Å². The number of carboxylic acid groups (broad SMARTS) is 1. The lowest BCUT2D eigenvalue weighted by molar-refractivity contribution is -0.115. The second-order valence-corrected chi connectivity index (χ2v) is 16.2. The van der Waals surface area contributed by atoms with Crippen LogP contribution < -0.4 is 21.3 Å². The quantitative estimate of drug-likeness (QED) is 0.0476. The first-order chi connectivity index (χ1) is 26.1. The van der Waals surface area contributed by atoms with Gasteiger partial charge in [0.15, 0.2) is 0 Å². The van der Waals surface area contributed by atoms with E-state index in [0.29, 0.717) is 45.5 Å². The van der Waals surface area contributed by atoms with Crippen LogP contribution in [0.1, 0.15) is 69.1 Å². The summed E-state index contributed by atoms with van der Waals surface area (Å²) in [5.41, 5.74) is 6.94. The van der Waals surface area contributed by atoms with E-state index >= 15 is 0 Å². The Morgan fingerprint density at radius 3 is 1.50 bits per heavy atom. The first-order valence-corrected chi connectivity index (χ1v) is 19.9. The predicted octanol–water partition coefficient (Wildman–Crippen LogP) is 7.70. The van der Waals surface area contributed by atoms with Gasteiger partial charge in [0, 0.05) is 48.2 Å². The van der Waals surface area contributed by atoms with Crippen LogP contribution in [0, 0.1) is 27.7 Å². The van der Waals surface area contributed by atoms with Crippen LogP contribution in [-0.4, -0.2) is 48.8 Å². The molecule has 0 saturated heterocycles. The van der Waals surface area contributed by atoms with Gasteiger partial charge in [0.05, 0.1) is 21.0 Å². The van der Waals surface area contributed by atoms with Gasteiger partial charge in [0.1, 0.15) is 0 Å². The molecule has 7 N–H and O–H groups in total. The normalized spacial score (nSPS) is 12.1. The van der Waals surface area contributed by atoms with E-state index in [1.54, 1.807) is 56.3 Å². The van der Waals surface area contributed by atoms with Gasteiger partial charge in [-0.05, 0) is 127 Å². The summed E-state index contributed by atoms with van der Waals surface area (Å²) < 4.78 is 69.7. The third-order valence-corrected chi connectivity index (χ3v) is 10.7. The average molecular weight is 801 g/mol. The molecule has 0 radical (unpaired) electrons. The van der Waals surface area contributed by atoms with E-state index in [2.05, 4.69) is 21.3 Å². The van der Waals surface area contributed by atoms with Crippen LogP contribution in [0.4, 0.5) is 34.1 Å². The molecule has 0 aromatic heterocycles. The zero-order valence-electron chi connectivity index (χ0n) is 31.2. The Hall–Kier alpha value is -6.07. The van der Waals surface area contributed by atoms with E-state index in [9.17, 15) is 45.4 Å². The highest BCUT2D eigenvalue weighted by molar-refractivity contribution is 7.86. The maximum Gasteiger partial charge on any atom is 0.337 e. The second-order valence-electron chi connectivity index (χ2n) is 13.4. The van der Waals surface area contributed by atoms with Gasteiger partial charge in [0.2, 0.25) is 11.8 Å². The number of carbonyl (C=O) groups is 3. The lowest BCUT2D eigenvalue weighted by atomic mass is 9.84. The fourth-order valence-corrected chi connectivity index (χ4v) is 7.97. The maximum atomic E-state index is 12.8. The Bertz CT molecular complexity index is 2580. The van der Waals surface area contributed by atoms with Gasteiger partial charge in [-0.3, -0.25) is 18.7 Å². The van der Waals surface area contributed by atoms with Crippen molar-refractivity contribution in [1.29, 1.82) is 0 Å². The Balaban J connectivity index is 1.64. The Morgan fingerprint density at radius 1 is 0.571 bits per heavy atom. The van der Waals surface area contributed by atoms with Crippen LogP contribution in [-0.2, 0) is 29.8 Å². The van der Waals surface area contributed by atoms with E-state index in [-0.39, 0.29) is 34.2 Å². The Morgan fingerprint density at radius 2 is 1.05 bits per heavy atom. The number of benzene rings is 5. The molecule has 1 atom stereocenters. The van der Waals surface area contributed by atoms with Gasteiger partial charge in [0.25, 0.3) is 20.2 Å². The molecule has 0 spiro atoms. The van der Waals surface area contributed by atoms with Gasteiger partial charge in [-0.25, -0.2) is 4.79 Å². The third-order valence-electron chi connectivity index (χ3n) is 8.96. The van der Waals surface area contributed by atoms with Gasteiger partial charge < -0.3 is 26.4 Å². The van der Waals surface area contributed by atoms with Crippen molar-refractivity contribution in [2.24, 2.45) is 0 Å². The summed E-state index contributed by atoms with van der Waals surface area (Å²) in [7, 11) is -10.0. The van der Waals surface area contributed by atoms with Gasteiger partial charge in [-0.1, -0.05) is 24.3 Å². The number of nitrogens with one attached hydrogen (secondary N) is 4. The summed E-state index contributed by atoms with van der Waals surface area (Å²) in [6.07, 6.45) is 0. The van der Waals surface area contributed by atoms with Crippen molar-refractivity contribution in [2.45, 2.75) is 57.3 Å². The van der Waals surface area contributed by atoms with Crippen LogP contribution in [0.5, 0.6) is 0 Å². The van der Waals surface area contributed by atoms with E-state index in [1.807, 2.05) is 26.0 Å². The smallest absolute Gasteiger partial charge is 0.337 e. The molecule has 0 fully saturated rings. The van der Waals surface area contributed by atoms with Crippen LogP contribution >= 0.6 is 0 Å². The number of carbonyl (C=O) groups excluding carboxylic acids is 2. The summed E-state index contributed by atoms with van der Waals surface area (Å²) >= 11 is 0. The summed E-state index contributed by atoms with van der Waals surface area (Å²) in [6, 6.07) is 21.1. The van der Waals surface area contributed by atoms with Gasteiger partial charge in [-0.15, -0.1) is 0 Å². The summed E-state index contributed by atoms with van der Waals surface area (Å²) in [6.45, 7) is 10.1. The fourth-order valence-electron chi connectivity index (χ4n) is 6.63. The highest BCUT2D eigenvalue weighted by atomic mass is 32.2. The number of rotatable bonds is 12. The van der Waals surface area contributed by atoms with E-state index in [0.717, 1.165) is 28.9 Å². The second kappa shape index (κ2) is 16.0. The number of aryl methyl sites for hydroxylation is 4. The summed E-state index contributed by atoms with van der Waals surface area (Å²) in [4.78, 5) is 34.4. The molecule has 1 unspecified atom stereocenters. The number of aromatic carboxylic acids is 1. The van der Waals surface area contributed by atoms with Crippen molar-refractivity contribution in [3.63, 3.8) is 0 Å². The van der Waals surface area contributed by atoms with Crippen molar-refractivity contribution in [3.05, 3.63) is 129 Å². The molecule has 0 aliphatic rings. The van der Waals surface area contributed by atoms with Gasteiger partial charge >= 0.3 is 5.97 Å². The number of anilines is 6. The molecule has 56 heavy (non-hydrogen) atoms. The number of hydrogen-bond donors (Lipinski definition) is 7. The SMILES string of the molecule is CC(=O)Nc1cc(C)c(Nc2ccc(C(c3ccc(Nc4c(C)cc(NC(C)=O)cc4C)c(C(=O)O)c3)c3ccc(S(=O)(=O)O)cc3S(=O)(=O)O)cc2)c(C)c1. The molecular formula is C40H40N4O10S2. The minimum Gasteiger partial charge on any atom is -0.478 e. The molecule has 5 aromatic carbocycles. The zero-order chi connectivity index (χ0) is 41.3. The first-order valence-electron chi connectivity index (χ1n) is 17.0. The monoisotopic (exact) mass is 800 g/mol. The first kappa shape index (κ1) is 41.1. The number of carboxylic acids is 1. The van der Waals surface area contributed by atoms with Crippen molar-refractivity contribution in [3.8, 4) is 0 Å². The molecule has 0 bridgehead atoms. The standard InChI is InChI=1S/C40H40N4O10S2/c1-21-15-30(41-25(5)45)16-22(2)38(21)43-29-10-7-27(8-11-29)37(33-13-12-32(55(49,50)51)20-36(33)56(52,53)54)28-9-14-35(34(19-28)40(47)48)44-39-23(3)17-31(18-24(39)4)42-26(6)46/h7-20,37,43-44H,1-6H3,(H,41,45)(H,42,46)(H,47,48)(H,49,50,51)(H,52,53,54). The minimum atomic E-state index is -5.11. The Kier molecular flexibility index (Phi) is 11.7. The topological polar surface area (TPSA) is 228 Å². The molecule has 0 aliphatic carbocycles. The Labute approximate surface area is 324 Å². The maximum absolute atomic E-state index is 12.8. The number of hydrogen-bond acceptors (Lipinski definition) is 9. The van der Waals surface area contributed by atoms with Crippen LogP contribution in [0.15, 0.2) is 94.7 Å². The van der Waals surface area contributed by atoms with Crippen LogP contribution in [0.3, 0.4) is 0 Å². The molecule has 14 nitrogen and oxygen atoms in total. The van der Waals surface area contributed by atoms with Crippen molar-refractivity contribution >= 4 is 72.1 Å². The average Bonchev–Trinajstić information content (AvgIpc) is 3.07. The van der Waals surface area contributed by atoms with Crippen molar-refractivity contribution < 1.29 is 45.4 Å². The molecule has 0 saturated carbocycles. The summed E-state index contributed by atoms with van der Waals surface area (Å²) in [5.74, 6) is -2.87.